The molecular weight excluding hydrogens is 338 g/mol. The summed E-state index contributed by atoms with van der Waals surface area (Å²) in [6, 6.07) is 18.3. The quantitative estimate of drug-likeness (QED) is 0.698. The van der Waals surface area contributed by atoms with Crippen LogP contribution < -0.4 is 4.74 Å². The Morgan fingerprint density at radius 2 is 1.96 bits per heavy atom. The summed E-state index contributed by atoms with van der Waals surface area (Å²) in [6.07, 6.45) is 2.81. The lowest BCUT2D eigenvalue weighted by Crippen LogP contribution is -2.64. The third kappa shape index (κ3) is 3.29. The van der Waals surface area contributed by atoms with Gasteiger partial charge in [-0.2, -0.15) is 0 Å². The molecule has 0 unspecified atom stereocenters. The molecule has 5 rings (SSSR count). The normalized spacial score (nSPS) is 21.4. The lowest BCUT2D eigenvalue weighted by molar-refractivity contribution is -0.141. The van der Waals surface area contributed by atoms with Crippen LogP contribution in [0.5, 0.6) is 5.88 Å². The first kappa shape index (κ1) is 16.7. The molecular formula is C22H23N3O2. The van der Waals surface area contributed by atoms with E-state index in [4.69, 9.17) is 14.5 Å². The first-order valence-electron chi connectivity index (χ1n) is 9.56. The lowest BCUT2D eigenvalue weighted by atomic mass is 9.81. The first-order chi connectivity index (χ1) is 13.3. The van der Waals surface area contributed by atoms with Crippen LogP contribution in [0.25, 0.3) is 10.9 Å². The van der Waals surface area contributed by atoms with Crippen molar-refractivity contribution in [3.8, 4) is 5.88 Å². The fourth-order valence-electron chi connectivity index (χ4n) is 4.24. The predicted molar refractivity (Wildman–Crippen MR) is 104 cm³/mol. The summed E-state index contributed by atoms with van der Waals surface area (Å²) in [5.41, 5.74) is 2.11. The van der Waals surface area contributed by atoms with Crippen LogP contribution in [0.2, 0.25) is 0 Å². The number of hydrogen-bond donors (Lipinski definition) is 0. The van der Waals surface area contributed by atoms with Crippen molar-refractivity contribution in [2.45, 2.75) is 18.6 Å². The highest BCUT2D eigenvalue weighted by molar-refractivity contribution is 5.78. The maximum Gasteiger partial charge on any atom is 0.213 e. The molecule has 138 valence electrons. The minimum atomic E-state index is -0.0639. The van der Waals surface area contributed by atoms with Gasteiger partial charge < -0.3 is 9.47 Å². The van der Waals surface area contributed by atoms with Crippen LogP contribution in [0, 0.1) is 5.92 Å². The number of fused-ring (bicyclic) bond motifs is 1. The molecule has 1 spiro atoms. The number of benzene rings is 1. The van der Waals surface area contributed by atoms with E-state index < -0.39 is 0 Å². The molecule has 0 amide bonds. The van der Waals surface area contributed by atoms with Gasteiger partial charge in [0.1, 0.15) is 0 Å². The molecule has 0 saturated carbocycles. The van der Waals surface area contributed by atoms with E-state index in [9.17, 15) is 0 Å². The predicted octanol–water partition coefficient (Wildman–Crippen LogP) is 3.30. The molecule has 5 nitrogen and oxygen atoms in total. The summed E-state index contributed by atoms with van der Waals surface area (Å²) in [6.45, 7) is 4.23. The molecule has 2 fully saturated rings. The number of nitrogens with zero attached hydrogens (tertiary/aromatic N) is 3. The Bertz CT molecular complexity index is 925. The molecule has 0 bridgehead atoms. The molecule has 1 aromatic carbocycles. The minimum Gasteiger partial charge on any atom is -0.477 e. The lowest BCUT2D eigenvalue weighted by Gasteiger charge is -2.50. The molecule has 0 N–H and O–H groups in total. The van der Waals surface area contributed by atoms with Crippen molar-refractivity contribution >= 4 is 10.9 Å². The molecule has 2 saturated heterocycles. The van der Waals surface area contributed by atoms with Crippen molar-refractivity contribution < 1.29 is 9.47 Å². The van der Waals surface area contributed by atoms with E-state index in [0.29, 0.717) is 18.4 Å². The van der Waals surface area contributed by atoms with Crippen molar-refractivity contribution in [3.63, 3.8) is 0 Å². The third-order valence-corrected chi connectivity index (χ3v) is 5.69. The Hall–Kier alpha value is -2.50. The second-order valence-corrected chi connectivity index (χ2v) is 7.52. The molecule has 1 atom stereocenters. The van der Waals surface area contributed by atoms with E-state index in [-0.39, 0.29) is 5.60 Å². The molecule has 2 aliphatic heterocycles. The van der Waals surface area contributed by atoms with Crippen LogP contribution in [0.15, 0.2) is 60.8 Å². The number of ether oxygens (including phenoxy) is 2. The van der Waals surface area contributed by atoms with Crippen LogP contribution in [0.1, 0.15) is 12.1 Å². The number of likely N-dealkylation sites (tertiary alicyclic amines) is 1. The molecule has 2 aliphatic rings. The topological polar surface area (TPSA) is 47.5 Å². The SMILES string of the molecule is c1ccc(OC[C@H]2CCOC23CN(Cc2ccc4ccccc4n2)C3)nc1. The molecule has 0 aliphatic carbocycles. The second kappa shape index (κ2) is 6.91. The summed E-state index contributed by atoms with van der Waals surface area (Å²) in [5.74, 6) is 1.11. The van der Waals surface area contributed by atoms with Gasteiger partial charge in [0, 0.05) is 49.8 Å². The molecule has 5 heteroatoms. The average molecular weight is 361 g/mol. The smallest absolute Gasteiger partial charge is 0.213 e. The number of rotatable bonds is 5. The summed E-state index contributed by atoms with van der Waals surface area (Å²) in [5, 5.41) is 1.19. The zero-order valence-corrected chi connectivity index (χ0v) is 15.3. The van der Waals surface area contributed by atoms with Gasteiger partial charge in [0.05, 0.1) is 23.4 Å². The molecule has 2 aromatic heterocycles. The monoisotopic (exact) mass is 361 g/mol. The van der Waals surface area contributed by atoms with Gasteiger partial charge in [0.25, 0.3) is 0 Å². The van der Waals surface area contributed by atoms with E-state index in [1.807, 2.05) is 30.3 Å². The Morgan fingerprint density at radius 3 is 2.85 bits per heavy atom. The van der Waals surface area contributed by atoms with Crippen LogP contribution in [-0.2, 0) is 11.3 Å². The van der Waals surface area contributed by atoms with Crippen LogP contribution >= 0.6 is 0 Å². The Morgan fingerprint density at radius 1 is 1.07 bits per heavy atom. The van der Waals surface area contributed by atoms with E-state index in [0.717, 1.165) is 43.9 Å². The summed E-state index contributed by atoms with van der Waals surface area (Å²) >= 11 is 0. The maximum absolute atomic E-state index is 6.15. The Labute approximate surface area is 159 Å². The van der Waals surface area contributed by atoms with Crippen molar-refractivity contribution in [3.05, 3.63) is 66.5 Å². The van der Waals surface area contributed by atoms with E-state index in [1.165, 1.54) is 5.39 Å². The van der Waals surface area contributed by atoms with Gasteiger partial charge in [0.15, 0.2) is 0 Å². The van der Waals surface area contributed by atoms with Crippen LogP contribution in [0.3, 0.4) is 0 Å². The number of pyridine rings is 2. The van der Waals surface area contributed by atoms with Crippen molar-refractivity contribution in [1.29, 1.82) is 0 Å². The molecule has 4 heterocycles. The first-order valence-corrected chi connectivity index (χ1v) is 9.56. The van der Waals surface area contributed by atoms with Gasteiger partial charge in [-0.15, -0.1) is 0 Å². The average Bonchev–Trinajstić information content (AvgIpc) is 3.11. The highest BCUT2D eigenvalue weighted by atomic mass is 16.5. The molecule has 0 radical (unpaired) electrons. The van der Waals surface area contributed by atoms with Crippen molar-refractivity contribution in [2.75, 3.05) is 26.3 Å². The zero-order valence-electron chi connectivity index (χ0n) is 15.3. The maximum atomic E-state index is 6.15. The highest BCUT2D eigenvalue weighted by Gasteiger charge is 2.53. The molecule has 27 heavy (non-hydrogen) atoms. The highest BCUT2D eigenvalue weighted by Crippen LogP contribution is 2.40. The fraction of sp³-hybridized carbons (Fsp3) is 0.364. The van der Waals surface area contributed by atoms with Gasteiger partial charge >= 0.3 is 0 Å². The number of hydrogen-bond acceptors (Lipinski definition) is 5. The summed E-state index contributed by atoms with van der Waals surface area (Å²) in [4.78, 5) is 11.4. The van der Waals surface area contributed by atoms with Gasteiger partial charge in [-0.3, -0.25) is 9.88 Å². The van der Waals surface area contributed by atoms with Gasteiger partial charge in [-0.25, -0.2) is 4.98 Å². The largest absolute Gasteiger partial charge is 0.477 e. The molecule has 3 aromatic rings. The van der Waals surface area contributed by atoms with Gasteiger partial charge in [0.2, 0.25) is 5.88 Å². The van der Waals surface area contributed by atoms with Gasteiger partial charge in [-0.05, 0) is 24.6 Å². The van der Waals surface area contributed by atoms with Gasteiger partial charge in [-0.1, -0.05) is 30.3 Å². The van der Waals surface area contributed by atoms with E-state index >= 15 is 0 Å². The summed E-state index contributed by atoms with van der Waals surface area (Å²) in [7, 11) is 0. The van der Waals surface area contributed by atoms with Crippen LogP contribution in [-0.4, -0.2) is 46.8 Å². The minimum absolute atomic E-state index is 0.0639. The van der Waals surface area contributed by atoms with Crippen molar-refractivity contribution in [2.24, 2.45) is 5.92 Å². The third-order valence-electron chi connectivity index (χ3n) is 5.69. The van der Waals surface area contributed by atoms with Crippen molar-refractivity contribution in [1.82, 2.24) is 14.9 Å². The Balaban J connectivity index is 1.20. The second-order valence-electron chi connectivity index (χ2n) is 7.52. The van der Waals surface area contributed by atoms with E-state index in [1.54, 1.807) is 6.20 Å². The fourth-order valence-corrected chi connectivity index (χ4v) is 4.24. The summed E-state index contributed by atoms with van der Waals surface area (Å²) < 4.78 is 12.1. The standard InChI is InChI=1S/C22H23N3O2/c1-2-6-20-17(5-1)8-9-19(24-20)13-25-15-22(16-25)18(10-12-27-22)14-26-21-7-3-4-11-23-21/h1-9,11,18H,10,12-16H2/t18-/m1/s1. The number of para-hydroxylation sites is 1. The van der Waals surface area contributed by atoms with Crippen LogP contribution in [0.4, 0.5) is 0 Å². The number of aromatic nitrogens is 2. The Kier molecular flexibility index (Phi) is 4.26. The van der Waals surface area contributed by atoms with E-state index in [2.05, 4.69) is 34.1 Å². The zero-order chi connectivity index (χ0) is 18.1.